The first kappa shape index (κ1) is 39.7. The van der Waals surface area contributed by atoms with Gasteiger partial charge in [0.05, 0.1) is 17.3 Å². The van der Waals surface area contributed by atoms with Gasteiger partial charge in [0.25, 0.3) is 5.91 Å². The lowest BCUT2D eigenvalue weighted by Gasteiger charge is -2.72. The van der Waals surface area contributed by atoms with Crippen LogP contribution in [0.4, 0.5) is 0 Å². The lowest BCUT2D eigenvalue weighted by molar-refractivity contribution is -0.233. The van der Waals surface area contributed by atoms with Crippen LogP contribution in [0.5, 0.6) is 0 Å². The molecule has 6 rings (SSSR count). The van der Waals surface area contributed by atoms with Crippen molar-refractivity contribution in [1.29, 1.82) is 0 Å². The Hall–Kier alpha value is -3.00. The average Bonchev–Trinajstić information content (AvgIpc) is 3.38. The summed E-state index contributed by atoms with van der Waals surface area (Å²) in [5.74, 6) is -1.94. The van der Waals surface area contributed by atoms with Crippen molar-refractivity contribution in [3.8, 4) is 0 Å². The number of carbonyl (C=O) groups excluding carboxylic acids is 4. The summed E-state index contributed by atoms with van der Waals surface area (Å²) in [4.78, 5) is 67.0. The molecule has 1 amide bonds. The fourth-order valence-corrected chi connectivity index (χ4v) is 13.0. The van der Waals surface area contributed by atoms with Gasteiger partial charge in [0.2, 0.25) is 5.78 Å². The number of carboxylic acid groups (broad SMARTS) is 1. The van der Waals surface area contributed by atoms with Crippen LogP contribution in [0.25, 0.3) is 0 Å². The zero-order valence-electron chi connectivity index (χ0n) is 33.2. The SMILES string of the molecule is CC(C)C1=C2C3CCC4C5(C)CCC(OC(=O)CC(C)(C)C(=O)O)C(C)(C)C5CCC4(C)C3(C)CCC2(C(=O)C(=O)NCc2ccccc2Cl)CC1=O. The van der Waals surface area contributed by atoms with Crippen LogP contribution in [0.15, 0.2) is 35.4 Å². The van der Waals surface area contributed by atoms with Gasteiger partial charge in [0.15, 0.2) is 5.78 Å². The molecular weight excluding hydrogens is 690 g/mol. The highest BCUT2D eigenvalue weighted by atomic mass is 35.5. The van der Waals surface area contributed by atoms with Gasteiger partial charge < -0.3 is 15.2 Å². The van der Waals surface area contributed by atoms with Gasteiger partial charge in [-0.05, 0) is 128 Å². The lowest BCUT2D eigenvalue weighted by atomic mass is 9.33. The monoisotopic (exact) mass is 749 g/mol. The predicted octanol–water partition coefficient (Wildman–Crippen LogP) is 8.92. The molecule has 8 unspecified atom stereocenters. The van der Waals surface area contributed by atoms with E-state index in [-0.39, 0.29) is 64.8 Å². The molecule has 2 N–H and O–H groups in total. The molecule has 0 saturated heterocycles. The Labute approximate surface area is 320 Å². The van der Waals surface area contributed by atoms with Crippen molar-refractivity contribution in [1.82, 2.24) is 5.32 Å². The molecule has 1 aromatic carbocycles. The van der Waals surface area contributed by atoms with Crippen molar-refractivity contribution < 1.29 is 33.8 Å². The third-order valence-electron chi connectivity index (χ3n) is 15.8. The number of hydrogen-bond acceptors (Lipinski definition) is 6. The second-order valence-electron chi connectivity index (χ2n) is 19.6. The maximum absolute atomic E-state index is 14.5. The van der Waals surface area contributed by atoms with Crippen molar-refractivity contribution in [3.05, 3.63) is 46.0 Å². The zero-order chi connectivity index (χ0) is 39.1. The van der Waals surface area contributed by atoms with E-state index < -0.39 is 34.5 Å². The maximum atomic E-state index is 14.5. The minimum Gasteiger partial charge on any atom is -0.481 e. The molecule has 290 valence electrons. The number of Topliss-reactive ketones (excluding diaryl/α,β-unsaturated/α-hetero) is 2. The van der Waals surface area contributed by atoms with E-state index in [0.717, 1.165) is 61.7 Å². The largest absolute Gasteiger partial charge is 0.481 e. The van der Waals surface area contributed by atoms with Crippen molar-refractivity contribution in [2.75, 3.05) is 0 Å². The first-order valence-electron chi connectivity index (χ1n) is 19.8. The molecule has 1 aromatic rings. The number of allylic oxidation sites excluding steroid dienone is 2. The highest BCUT2D eigenvalue weighted by Crippen LogP contribution is 2.76. The van der Waals surface area contributed by atoms with E-state index in [0.29, 0.717) is 23.3 Å². The summed E-state index contributed by atoms with van der Waals surface area (Å²) >= 11 is 6.36. The lowest BCUT2D eigenvalue weighted by Crippen LogP contribution is -2.66. The number of ether oxygens (including phenoxy) is 1. The molecule has 8 atom stereocenters. The van der Waals surface area contributed by atoms with Gasteiger partial charge in [-0.15, -0.1) is 0 Å². The van der Waals surface area contributed by atoms with Crippen LogP contribution in [-0.4, -0.2) is 40.6 Å². The quantitative estimate of drug-likeness (QED) is 0.191. The Kier molecular flexibility index (Phi) is 9.99. The van der Waals surface area contributed by atoms with Gasteiger partial charge in [0, 0.05) is 23.4 Å². The predicted molar refractivity (Wildman–Crippen MR) is 204 cm³/mol. The Bertz CT molecular complexity index is 1760. The van der Waals surface area contributed by atoms with Gasteiger partial charge in [-0.25, -0.2) is 0 Å². The normalized spacial score (nSPS) is 36.2. The standard InChI is InChI=1S/C44H60ClNO7/c1-25(2)34-29(47)22-44(36(49)37(50)46-24-26-12-10-11-13-28(26)45)21-20-42(8)27(35(34)44)14-15-31-41(7)18-17-32(53-33(48)23-39(3,4)38(51)52)40(5,6)30(41)16-19-43(31,42)9/h10-13,25,27,30-32H,14-24H2,1-9H3,(H,46,50)(H,51,52). The van der Waals surface area contributed by atoms with Gasteiger partial charge in [-0.1, -0.05) is 78.3 Å². The molecule has 8 nitrogen and oxygen atoms in total. The summed E-state index contributed by atoms with van der Waals surface area (Å²) in [5, 5.41) is 13.0. The number of benzene rings is 1. The van der Waals surface area contributed by atoms with Crippen molar-refractivity contribution in [2.45, 2.75) is 139 Å². The molecule has 0 aromatic heterocycles. The molecular formula is C44H60ClNO7. The summed E-state index contributed by atoms with van der Waals surface area (Å²) in [6.07, 6.45) is 6.27. The second kappa shape index (κ2) is 13.3. The third-order valence-corrected chi connectivity index (χ3v) is 16.2. The van der Waals surface area contributed by atoms with Crippen LogP contribution in [0.2, 0.25) is 5.02 Å². The van der Waals surface area contributed by atoms with Crippen LogP contribution < -0.4 is 5.32 Å². The number of esters is 1. The van der Waals surface area contributed by atoms with E-state index in [1.807, 2.05) is 32.0 Å². The van der Waals surface area contributed by atoms with Gasteiger partial charge >= 0.3 is 11.9 Å². The van der Waals surface area contributed by atoms with Crippen LogP contribution in [0.3, 0.4) is 0 Å². The van der Waals surface area contributed by atoms with Gasteiger partial charge in [-0.2, -0.15) is 0 Å². The maximum Gasteiger partial charge on any atom is 0.309 e. The molecule has 4 saturated carbocycles. The molecule has 4 fully saturated rings. The highest BCUT2D eigenvalue weighted by molar-refractivity contribution is 6.40. The number of hydrogen-bond donors (Lipinski definition) is 2. The highest BCUT2D eigenvalue weighted by Gasteiger charge is 2.71. The van der Waals surface area contributed by atoms with Crippen molar-refractivity contribution >= 4 is 41.0 Å². The van der Waals surface area contributed by atoms with E-state index in [1.54, 1.807) is 19.9 Å². The fraction of sp³-hybridized carbons (Fsp3) is 0.705. The van der Waals surface area contributed by atoms with E-state index in [2.05, 4.69) is 39.9 Å². The van der Waals surface area contributed by atoms with Crippen LogP contribution >= 0.6 is 11.6 Å². The average molecular weight is 750 g/mol. The third kappa shape index (κ3) is 6.03. The number of rotatable bonds is 9. The number of nitrogens with one attached hydrogen (secondary N) is 1. The van der Waals surface area contributed by atoms with Gasteiger partial charge in [0.1, 0.15) is 6.10 Å². The van der Waals surface area contributed by atoms with E-state index in [4.69, 9.17) is 16.3 Å². The number of amides is 1. The molecule has 53 heavy (non-hydrogen) atoms. The summed E-state index contributed by atoms with van der Waals surface area (Å²) in [6.45, 7) is 19.1. The number of ketones is 2. The summed E-state index contributed by atoms with van der Waals surface area (Å²) < 4.78 is 6.13. The summed E-state index contributed by atoms with van der Waals surface area (Å²) in [7, 11) is 0. The molecule has 9 heteroatoms. The molecule has 5 aliphatic carbocycles. The molecule has 5 aliphatic rings. The topological polar surface area (TPSA) is 127 Å². The second-order valence-corrected chi connectivity index (χ2v) is 20.0. The molecule has 0 heterocycles. The first-order chi connectivity index (χ1) is 24.6. The summed E-state index contributed by atoms with van der Waals surface area (Å²) in [6, 6.07) is 7.26. The van der Waals surface area contributed by atoms with Crippen LogP contribution in [-0.2, 0) is 35.3 Å². The minimum absolute atomic E-state index is 0.0100. The van der Waals surface area contributed by atoms with E-state index >= 15 is 0 Å². The van der Waals surface area contributed by atoms with E-state index in [9.17, 15) is 29.1 Å². The molecule has 0 bridgehead atoms. The number of carboxylic acids is 1. The fourth-order valence-electron chi connectivity index (χ4n) is 12.8. The molecule has 0 spiro atoms. The Morgan fingerprint density at radius 1 is 0.925 bits per heavy atom. The summed E-state index contributed by atoms with van der Waals surface area (Å²) in [5.41, 5.74) is -0.425. The Balaban J connectivity index is 1.28. The number of carbonyl (C=O) groups is 5. The number of aliphatic carboxylic acids is 1. The van der Waals surface area contributed by atoms with E-state index in [1.165, 1.54) is 0 Å². The number of fused-ring (bicyclic) bond motifs is 7. The minimum atomic E-state index is -1.19. The molecule has 0 aliphatic heterocycles. The van der Waals surface area contributed by atoms with Crippen LogP contribution in [0, 0.1) is 56.2 Å². The van der Waals surface area contributed by atoms with Crippen molar-refractivity contribution in [2.24, 2.45) is 56.2 Å². The first-order valence-corrected chi connectivity index (χ1v) is 20.2. The number of halogens is 1. The van der Waals surface area contributed by atoms with Crippen LogP contribution in [0.1, 0.15) is 132 Å². The Morgan fingerprint density at radius 2 is 1.60 bits per heavy atom. The Morgan fingerprint density at radius 3 is 2.25 bits per heavy atom. The zero-order valence-corrected chi connectivity index (χ0v) is 34.0. The molecule has 0 radical (unpaired) electrons. The smallest absolute Gasteiger partial charge is 0.309 e. The van der Waals surface area contributed by atoms with Crippen molar-refractivity contribution in [3.63, 3.8) is 0 Å². The van der Waals surface area contributed by atoms with Gasteiger partial charge in [-0.3, -0.25) is 24.0 Å².